The standard InChI is InChI=1S/C12H20N.BF4/c1-2-3-4-5-7-10-13-11-8-6-9-12-13;2-1(3,4)5/h6,8-9,11-12H,2-5,7,10H2,1H3;/q+1;-1. The second-order valence-electron chi connectivity index (χ2n) is 4.02. The first-order chi connectivity index (χ1) is 8.43. The molecule has 0 atom stereocenters. The van der Waals surface area contributed by atoms with E-state index in [4.69, 9.17) is 0 Å². The lowest BCUT2D eigenvalue weighted by molar-refractivity contribution is -0.697. The zero-order chi connectivity index (χ0) is 13.9. The van der Waals surface area contributed by atoms with Crippen molar-refractivity contribution in [1.29, 1.82) is 0 Å². The molecule has 0 aliphatic heterocycles. The highest BCUT2D eigenvalue weighted by atomic mass is 19.5. The molecule has 1 rings (SSSR count). The number of aromatic nitrogens is 1. The van der Waals surface area contributed by atoms with Crippen molar-refractivity contribution >= 4 is 7.25 Å². The summed E-state index contributed by atoms with van der Waals surface area (Å²) in [4.78, 5) is 0. The van der Waals surface area contributed by atoms with Gasteiger partial charge in [-0.15, -0.1) is 0 Å². The molecule has 6 heteroatoms. The average Bonchev–Trinajstić information content (AvgIpc) is 2.28. The minimum absolute atomic E-state index is 1.17. The first kappa shape index (κ1) is 16.9. The maximum Gasteiger partial charge on any atom is 0.673 e. The van der Waals surface area contributed by atoms with E-state index >= 15 is 0 Å². The topological polar surface area (TPSA) is 3.88 Å². The molecule has 0 amide bonds. The zero-order valence-corrected chi connectivity index (χ0v) is 10.7. The largest absolute Gasteiger partial charge is 0.673 e. The lowest BCUT2D eigenvalue weighted by atomic mass is 10.1. The molecule has 0 fully saturated rings. The molecule has 1 heterocycles. The number of hydrogen-bond donors (Lipinski definition) is 0. The van der Waals surface area contributed by atoms with Crippen LogP contribution in [-0.4, -0.2) is 7.25 Å². The van der Waals surface area contributed by atoms with Crippen LogP contribution < -0.4 is 4.57 Å². The summed E-state index contributed by atoms with van der Waals surface area (Å²) in [6.07, 6.45) is 11.1. The fraction of sp³-hybridized carbons (Fsp3) is 0.583. The van der Waals surface area contributed by atoms with Crippen LogP contribution >= 0.6 is 0 Å². The Morgan fingerprint density at radius 3 is 1.83 bits per heavy atom. The Morgan fingerprint density at radius 2 is 1.33 bits per heavy atom. The fourth-order valence-corrected chi connectivity index (χ4v) is 1.48. The summed E-state index contributed by atoms with van der Waals surface area (Å²) in [5, 5.41) is 0. The number of rotatable bonds is 6. The van der Waals surface area contributed by atoms with E-state index in [0.717, 1.165) is 0 Å². The molecule has 104 valence electrons. The Kier molecular flexibility index (Phi) is 9.33. The van der Waals surface area contributed by atoms with Gasteiger partial charge in [0.15, 0.2) is 12.4 Å². The Hall–Kier alpha value is -1.07. The molecular formula is C12H20BF4N. The lowest BCUT2D eigenvalue weighted by Gasteiger charge is -1.97. The zero-order valence-electron chi connectivity index (χ0n) is 10.7. The summed E-state index contributed by atoms with van der Waals surface area (Å²) in [7, 11) is -6.00. The van der Waals surface area contributed by atoms with E-state index in [1.807, 2.05) is 0 Å². The van der Waals surface area contributed by atoms with Gasteiger partial charge in [0.05, 0.1) is 0 Å². The Balaban J connectivity index is 0.000000494. The van der Waals surface area contributed by atoms with E-state index in [2.05, 4.69) is 42.1 Å². The number of pyridine rings is 1. The number of nitrogens with zero attached hydrogens (tertiary/aromatic N) is 1. The molecule has 0 spiro atoms. The molecule has 0 unspecified atom stereocenters. The highest BCUT2D eigenvalue weighted by Gasteiger charge is 2.20. The Labute approximate surface area is 106 Å². The van der Waals surface area contributed by atoms with Crippen molar-refractivity contribution in [1.82, 2.24) is 0 Å². The monoisotopic (exact) mass is 265 g/mol. The third-order valence-corrected chi connectivity index (χ3v) is 2.30. The molecule has 0 saturated heterocycles. The summed E-state index contributed by atoms with van der Waals surface area (Å²) in [6, 6.07) is 6.24. The molecule has 0 bridgehead atoms. The maximum atomic E-state index is 9.75. The Bertz CT molecular complexity index is 284. The lowest BCUT2D eigenvalue weighted by Crippen LogP contribution is -2.32. The van der Waals surface area contributed by atoms with Gasteiger partial charge in [0.25, 0.3) is 0 Å². The van der Waals surface area contributed by atoms with Gasteiger partial charge >= 0.3 is 7.25 Å². The molecule has 1 aromatic heterocycles. The van der Waals surface area contributed by atoms with Crippen molar-refractivity contribution < 1.29 is 21.8 Å². The summed E-state index contributed by atoms with van der Waals surface area (Å²) in [6.45, 7) is 3.43. The molecule has 18 heavy (non-hydrogen) atoms. The second-order valence-corrected chi connectivity index (χ2v) is 4.02. The van der Waals surface area contributed by atoms with Crippen molar-refractivity contribution in [2.45, 2.75) is 45.6 Å². The molecule has 0 radical (unpaired) electrons. The minimum atomic E-state index is -6.00. The predicted octanol–water partition coefficient (Wildman–Crippen LogP) is 4.24. The Morgan fingerprint density at radius 1 is 0.833 bits per heavy atom. The molecule has 1 nitrogen and oxygen atoms in total. The molecule has 0 aromatic carbocycles. The van der Waals surface area contributed by atoms with E-state index in [1.54, 1.807) is 0 Å². The van der Waals surface area contributed by atoms with Gasteiger partial charge in [-0.2, -0.15) is 0 Å². The molecule has 1 aromatic rings. The van der Waals surface area contributed by atoms with Gasteiger partial charge in [0, 0.05) is 18.6 Å². The van der Waals surface area contributed by atoms with Crippen LogP contribution in [-0.2, 0) is 6.54 Å². The maximum absolute atomic E-state index is 9.75. The summed E-state index contributed by atoms with van der Waals surface area (Å²) < 4.78 is 41.3. The van der Waals surface area contributed by atoms with Gasteiger partial charge < -0.3 is 17.3 Å². The average molecular weight is 265 g/mol. The van der Waals surface area contributed by atoms with Gasteiger partial charge in [-0.05, 0) is 6.42 Å². The third kappa shape index (κ3) is 14.9. The number of unbranched alkanes of at least 4 members (excludes halogenated alkanes) is 4. The number of halogens is 4. The van der Waals surface area contributed by atoms with E-state index in [9.17, 15) is 17.3 Å². The van der Waals surface area contributed by atoms with Crippen LogP contribution in [0.1, 0.15) is 39.0 Å². The van der Waals surface area contributed by atoms with Crippen LogP contribution in [0, 0.1) is 0 Å². The summed E-state index contributed by atoms with van der Waals surface area (Å²) in [5.41, 5.74) is 0. The van der Waals surface area contributed by atoms with Crippen LogP contribution in [0.4, 0.5) is 17.3 Å². The van der Waals surface area contributed by atoms with Crippen LogP contribution in [0.2, 0.25) is 0 Å². The van der Waals surface area contributed by atoms with Crippen LogP contribution in [0.5, 0.6) is 0 Å². The summed E-state index contributed by atoms with van der Waals surface area (Å²) in [5.74, 6) is 0. The smallest absolute Gasteiger partial charge is 0.418 e. The van der Waals surface area contributed by atoms with Crippen LogP contribution in [0.15, 0.2) is 30.6 Å². The SMILES string of the molecule is CCCCCCC[n+]1ccccc1.F[B-](F)(F)F. The highest BCUT2D eigenvalue weighted by molar-refractivity contribution is 6.50. The van der Waals surface area contributed by atoms with Gasteiger partial charge in [-0.3, -0.25) is 0 Å². The van der Waals surface area contributed by atoms with Gasteiger partial charge in [0.2, 0.25) is 0 Å². The molecule has 0 N–H and O–H groups in total. The number of aryl methyl sites for hydroxylation is 1. The van der Waals surface area contributed by atoms with Crippen molar-refractivity contribution in [3.63, 3.8) is 0 Å². The molecule has 0 saturated carbocycles. The summed E-state index contributed by atoms with van der Waals surface area (Å²) >= 11 is 0. The van der Waals surface area contributed by atoms with Gasteiger partial charge in [0.1, 0.15) is 6.54 Å². The van der Waals surface area contributed by atoms with Gasteiger partial charge in [-0.1, -0.05) is 32.3 Å². The third-order valence-electron chi connectivity index (χ3n) is 2.30. The predicted molar refractivity (Wildman–Crippen MR) is 65.6 cm³/mol. The minimum Gasteiger partial charge on any atom is -0.418 e. The van der Waals surface area contributed by atoms with Crippen molar-refractivity contribution in [2.24, 2.45) is 0 Å². The molecule has 0 aliphatic rings. The highest BCUT2D eigenvalue weighted by Crippen LogP contribution is 2.06. The second kappa shape index (κ2) is 9.91. The van der Waals surface area contributed by atoms with Crippen molar-refractivity contribution in [3.05, 3.63) is 30.6 Å². The quantitative estimate of drug-likeness (QED) is 0.313. The normalized spacial score (nSPS) is 10.7. The van der Waals surface area contributed by atoms with Crippen LogP contribution in [0.3, 0.4) is 0 Å². The van der Waals surface area contributed by atoms with E-state index < -0.39 is 7.25 Å². The van der Waals surface area contributed by atoms with Crippen molar-refractivity contribution in [2.75, 3.05) is 0 Å². The fourth-order valence-electron chi connectivity index (χ4n) is 1.48. The number of hydrogen-bond acceptors (Lipinski definition) is 0. The van der Waals surface area contributed by atoms with E-state index in [0.29, 0.717) is 0 Å². The van der Waals surface area contributed by atoms with E-state index in [1.165, 1.54) is 38.6 Å². The van der Waals surface area contributed by atoms with Crippen LogP contribution in [0.25, 0.3) is 0 Å². The van der Waals surface area contributed by atoms with Crippen molar-refractivity contribution in [3.8, 4) is 0 Å². The molecular weight excluding hydrogens is 245 g/mol. The first-order valence-electron chi connectivity index (χ1n) is 6.25. The first-order valence-corrected chi connectivity index (χ1v) is 6.25. The molecule has 0 aliphatic carbocycles. The van der Waals surface area contributed by atoms with Gasteiger partial charge in [-0.25, -0.2) is 4.57 Å². The van der Waals surface area contributed by atoms with E-state index in [-0.39, 0.29) is 0 Å².